The van der Waals surface area contributed by atoms with Gasteiger partial charge in [0.05, 0.1) is 12.7 Å². The van der Waals surface area contributed by atoms with Gasteiger partial charge in [-0.25, -0.2) is 19.6 Å². The number of rotatable bonds is 4. The van der Waals surface area contributed by atoms with Gasteiger partial charge >= 0.3 is 12.1 Å². The Labute approximate surface area is 147 Å². The number of aromatic nitrogens is 2. The van der Waals surface area contributed by atoms with Crippen molar-refractivity contribution in [2.45, 2.75) is 39.2 Å². The summed E-state index contributed by atoms with van der Waals surface area (Å²) in [5.41, 5.74) is -0.151. The lowest BCUT2D eigenvalue weighted by atomic mass is 9.97. The first-order chi connectivity index (χ1) is 11.8. The zero-order chi connectivity index (χ0) is 18.4. The van der Waals surface area contributed by atoms with Crippen LogP contribution in [-0.2, 0) is 9.47 Å². The predicted octanol–water partition coefficient (Wildman–Crippen LogP) is 2.32. The van der Waals surface area contributed by atoms with E-state index < -0.39 is 11.6 Å². The molecule has 0 aromatic carbocycles. The number of nitrogens with one attached hydrogen (secondary N) is 1. The average Bonchev–Trinajstić information content (AvgIpc) is 2.58. The number of anilines is 1. The molecule has 138 valence electrons. The van der Waals surface area contributed by atoms with Gasteiger partial charge in [0.25, 0.3) is 0 Å². The molecule has 1 saturated heterocycles. The van der Waals surface area contributed by atoms with Gasteiger partial charge in [-0.1, -0.05) is 0 Å². The normalized spacial score (nSPS) is 15.6. The van der Waals surface area contributed by atoms with Crippen LogP contribution in [0.4, 0.5) is 10.7 Å². The molecule has 0 unspecified atom stereocenters. The van der Waals surface area contributed by atoms with E-state index in [9.17, 15) is 9.59 Å². The third-order valence-electron chi connectivity index (χ3n) is 3.89. The average molecular weight is 350 g/mol. The molecule has 0 radical (unpaired) electrons. The van der Waals surface area contributed by atoms with E-state index in [0.29, 0.717) is 30.5 Å². The van der Waals surface area contributed by atoms with Crippen molar-refractivity contribution in [2.75, 3.05) is 32.1 Å². The van der Waals surface area contributed by atoms with Crippen LogP contribution in [0.2, 0.25) is 0 Å². The quantitative estimate of drug-likeness (QED) is 0.833. The van der Waals surface area contributed by atoms with E-state index in [4.69, 9.17) is 4.74 Å². The van der Waals surface area contributed by atoms with Gasteiger partial charge in [0, 0.05) is 32.0 Å². The van der Waals surface area contributed by atoms with Gasteiger partial charge in [0.2, 0.25) is 5.95 Å². The molecule has 25 heavy (non-hydrogen) atoms. The lowest BCUT2D eigenvalue weighted by Gasteiger charge is -2.33. The highest BCUT2D eigenvalue weighted by Gasteiger charge is 2.26. The van der Waals surface area contributed by atoms with Crippen molar-refractivity contribution >= 4 is 18.0 Å². The highest BCUT2D eigenvalue weighted by molar-refractivity contribution is 5.88. The Balaban J connectivity index is 1.75. The van der Waals surface area contributed by atoms with E-state index in [2.05, 4.69) is 20.0 Å². The SMILES string of the molecule is COC(=O)c1cnc(NCC2CCN(C(=O)OC(C)(C)C)CC2)nc1. The van der Waals surface area contributed by atoms with Crippen LogP contribution in [0.25, 0.3) is 0 Å². The van der Waals surface area contributed by atoms with Crippen molar-refractivity contribution in [3.8, 4) is 0 Å². The van der Waals surface area contributed by atoms with Gasteiger partial charge in [-0.3, -0.25) is 0 Å². The fourth-order valence-corrected chi connectivity index (χ4v) is 2.52. The number of carbonyl (C=O) groups excluding carboxylic acids is 2. The van der Waals surface area contributed by atoms with E-state index in [0.717, 1.165) is 19.4 Å². The fourth-order valence-electron chi connectivity index (χ4n) is 2.52. The van der Waals surface area contributed by atoms with Crippen LogP contribution < -0.4 is 5.32 Å². The highest BCUT2D eigenvalue weighted by atomic mass is 16.6. The van der Waals surface area contributed by atoms with E-state index in [1.54, 1.807) is 4.90 Å². The molecule has 0 aliphatic carbocycles. The molecule has 1 aliphatic rings. The van der Waals surface area contributed by atoms with Crippen molar-refractivity contribution in [3.05, 3.63) is 18.0 Å². The van der Waals surface area contributed by atoms with E-state index >= 15 is 0 Å². The Morgan fingerprint density at radius 3 is 2.36 bits per heavy atom. The summed E-state index contributed by atoms with van der Waals surface area (Å²) < 4.78 is 10.0. The van der Waals surface area contributed by atoms with Gasteiger partial charge in [0.1, 0.15) is 5.60 Å². The van der Waals surface area contributed by atoms with E-state index in [1.165, 1.54) is 19.5 Å². The summed E-state index contributed by atoms with van der Waals surface area (Å²) in [6.45, 7) is 7.69. The standard InChI is InChI=1S/C17H26N4O4/c1-17(2,3)25-16(23)21-7-5-12(6-8-21)9-18-15-19-10-13(11-20-15)14(22)24-4/h10-12H,5-9H2,1-4H3,(H,18,19,20). The molecule has 1 N–H and O–H groups in total. The smallest absolute Gasteiger partial charge is 0.410 e. The molecule has 1 aliphatic heterocycles. The molecule has 1 fully saturated rings. The fraction of sp³-hybridized carbons (Fsp3) is 0.647. The number of hydrogen-bond acceptors (Lipinski definition) is 7. The number of carbonyl (C=O) groups is 2. The summed E-state index contributed by atoms with van der Waals surface area (Å²) in [5, 5.41) is 3.17. The Kier molecular flexibility index (Phi) is 6.17. The van der Waals surface area contributed by atoms with Crippen molar-refractivity contribution in [3.63, 3.8) is 0 Å². The summed E-state index contributed by atoms with van der Waals surface area (Å²) in [6, 6.07) is 0. The van der Waals surface area contributed by atoms with Crippen LogP contribution >= 0.6 is 0 Å². The van der Waals surface area contributed by atoms with E-state index in [-0.39, 0.29) is 6.09 Å². The molecule has 8 heteroatoms. The van der Waals surface area contributed by atoms with Crippen molar-refractivity contribution in [1.29, 1.82) is 0 Å². The van der Waals surface area contributed by atoms with Gasteiger partial charge in [-0.15, -0.1) is 0 Å². The van der Waals surface area contributed by atoms with Crippen LogP contribution in [0.5, 0.6) is 0 Å². The van der Waals surface area contributed by atoms with Crippen molar-refractivity contribution in [2.24, 2.45) is 5.92 Å². The molecular weight excluding hydrogens is 324 g/mol. The number of likely N-dealkylation sites (tertiary alicyclic amines) is 1. The van der Waals surface area contributed by atoms with Crippen molar-refractivity contribution in [1.82, 2.24) is 14.9 Å². The Bertz CT molecular complexity index is 590. The van der Waals surface area contributed by atoms with Gasteiger partial charge in [0.15, 0.2) is 0 Å². The van der Waals surface area contributed by atoms with Crippen LogP contribution in [0, 0.1) is 5.92 Å². The third kappa shape index (κ3) is 5.88. The number of amides is 1. The summed E-state index contributed by atoms with van der Waals surface area (Å²) >= 11 is 0. The first-order valence-electron chi connectivity index (χ1n) is 8.40. The molecule has 2 rings (SSSR count). The summed E-state index contributed by atoms with van der Waals surface area (Å²) in [5.74, 6) is 0.450. The minimum atomic E-state index is -0.469. The lowest BCUT2D eigenvalue weighted by Crippen LogP contribution is -2.42. The van der Waals surface area contributed by atoms with E-state index in [1.807, 2.05) is 20.8 Å². The topological polar surface area (TPSA) is 93.7 Å². The molecule has 1 amide bonds. The highest BCUT2D eigenvalue weighted by Crippen LogP contribution is 2.20. The molecule has 1 aromatic heterocycles. The maximum atomic E-state index is 12.0. The molecule has 0 bridgehead atoms. The molecule has 8 nitrogen and oxygen atoms in total. The number of hydrogen-bond donors (Lipinski definition) is 1. The maximum Gasteiger partial charge on any atom is 0.410 e. The Hall–Kier alpha value is -2.38. The van der Waals surface area contributed by atoms with Crippen LogP contribution in [0.15, 0.2) is 12.4 Å². The van der Waals surface area contributed by atoms with Gasteiger partial charge < -0.3 is 19.7 Å². The minimum absolute atomic E-state index is 0.249. The zero-order valence-electron chi connectivity index (χ0n) is 15.2. The molecule has 0 saturated carbocycles. The largest absolute Gasteiger partial charge is 0.465 e. The van der Waals surface area contributed by atoms with Gasteiger partial charge in [-0.2, -0.15) is 0 Å². The third-order valence-corrected chi connectivity index (χ3v) is 3.89. The van der Waals surface area contributed by atoms with Crippen LogP contribution in [0.3, 0.4) is 0 Å². The minimum Gasteiger partial charge on any atom is -0.465 e. The van der Waals surface area contributed by atoms with Crippen molar-refractivity contribution < 1.29 is 19.1 Å². The Morgan fingerprint density at radius 2 is 1.84 bits per heavy atom. The molecule has 0 spiro atoms. The molecule has 1 aromatic rings. The zero-order valence-corrected chi connectivity index (χ0v) is 15.2. The number of methoxy groups -OCH3 is 1. The first kappa shape index (κ1) is 19.0. The Morgan fingerprint density at radius 1 is 1.24 bits per heavy atom. The summed E-state index contributed by atoms with van der Waals surface area (Å²) in [7, 11) is 1.32. The monoisotopic (exact) mass is 350 g/mol. The van der Waals surface area contributed by atoms with Gasteiger partial charge in [-0.05, 0) is 39.5 Å². The number of ether oxygens (including phenoxy) is 2. The number of esters is 1. The molecule has 2 heterocycles. The molecular formula is C17H26N4O4. The lowest BCUT2D eigenvalue weighted by molar-refractivity contribution is 0.0188. The number of nitrogens with zero attached hydrogens (tertiary/aromatic N) is 3. The predicted molar refractivity (Wildman–Crippen MR) is 92.4 cm³/mol. The van der Waals surface area contributed by atoms with Crippen LogP contribution in [-0.4, -0.2) is 59.3 Å². The maximum absolute atomic E-state index is 12.0. The molecule has 0 atom stereocenters. The van der Waals surface area contributed by atoms with Crippen LogP contribution in [0.1, 0.15) is 44.0 Å². The summed E-state index contributed by atoms with van der Waals surface area (Å²) in [6.07, 6.45) is 4.41. The number of piperidine rings is 1. The first-order valence-corrected chi connectivity index (χ1v) is 8.40. The summed E-state index contributed by atoms with van der Waals surface area (Å²) in [4.78, 5) is 33.3. The second kappa shape index (κ2) is 8.13. The second-order valence-electron chi connectivity index (χ2n) is 7.08. The second-order valence-corrected chi connectivity index (χ2v) is 7.08.